The molecule has 2 N–H and O–H groups in total. The molecule has 0 radical (unpaired) electrons. The van der Waals surface area contributed by atoms with Crippen molar-refractivity contribution < 1.29 is 9.84 Å². The van der Waals surface area contributed by atoms with Gasteiger partial charge in [-0.25, -0.2) is 0 Å². The number of nitrogens with one attached hydrogen (secondary N) is 1. The molecule has 4 nitrogen and oxygen atoms in total. The van der Waals surface area contributed by atoms with Gasteiger partial charge < -0.3 is 15.2 Å². The molecule has 0 aliphatic rings. The molecular weight excluding hydrogens is 323 g/mol. The smallest absolute Gasteiger partial charge is 0.137 e. The first-order valence-electron chi connectivity index (χ1n) is 6.83. The van der Waals surface area contributed by atoms with E-state index in [9.17, 15) is 5.11 Å². The molecule has 2 rings (SSSR count). The Labute approximate surface area is 140 Å². The molecule has 118 valence electrons. The van der Waals surface area contributed by atoms with Crippen molar-refractivity contribution >= 4 is 23.2 Å². The molecule has 0 aliphatic carbocycles. The summed E-state index contributed by atoms with van der Waals surface area (Å²) >= 11 is 12.1. The number of pyridine rings is 1. The summed E-state index contributed by atoms with van der Waals surface area (Å²) in [5.41, 5.74) is 1.59. The molecule has 0 aliphatic heterocycles. The van der Waals surface area contributed by atoms with Gasteiger partial charge in [-0.15, -0.1) is 0 Å². The van der Waals surface area contributed by atoms with Crippen LogP contribution in [0.2, 0.25) is 10.0 Å². The third-order valence-electron chi connectivity index (χ3n) is 3.49. The van der Waals surface area contributed by atoms with E-state index in [1.54, 1.807) is 37.7 Å². The lowest BCUT2D eigenvalue weighted by Gasteiger charge is -2.24. The lowest BCUT2D eigenvalue weighted by atomic mass is 9.89. The second kappa shape index (κ2) is 7.79. The van der Waals surface area contributed by atoms with E-state index in [0.29, 0.717) is 27.9 Å². The first kappa shape index (κ1) is 17.0. The average molecular weight is 341 g/mol. The van der Waals surface area contributed by atoms with E-state index in [4.69, 9.17) is 27.9 Å². The van der Waals surface area contributed by atoms with E-state index in [-0.39, 0.29) is 5.92 Å². The van der Waals surface area contributed by atoms with E-state index in [0.717, 1.165) is 5.56 Å². The quantitative estimate of drug-likeness (QED) is 0.845. The second-order valence-corrected chi connectivity index (χ2v) is 5.76. The summed E-state index contributed by atoms with van der Waals surface area (Å²) in [6.45, 7) is 0.580. The highest BCUT2D eigenvalue weighted by Crippen LogP contribution is 2.34. The Morgan fingerprint density at radius 1 is 1.18 bits per heavy atom. The molecule has 0 amide bonds. The highest BCUT2D eigenvalue weighted by atomic mass is 35.5. The zero-order valence-electron chi connectivity index (χ0n) is 12.4. The van der Waals surface area contributed by atoms with Crippen LogP contribution in [-0.2, 0) is 0 Å². The normalized spacial score (nSPS) is 13.7. The van der Waals surface area contributed by atoms with Crippen LogP contribution in [0.25, 0.3) is 0 Å². The molecule has 0 fully saturated rings. The summed E-state index contributed by atoms with van der Waals surface area (Å²) in [7, 11) is 3.40. The zero-order valence-corrected chi connectivity index (χ0v) is 13.9. The van der Waals surface area contributed by atoms with Crippen LogP contribution in [-0.4, -0.2) is 30.8 Å². The average Bonchev–Trinajstić information content (AvgIpc) is 2.54. The topological polar surface area (TPSA) is 54.4 Å². The number of likely N-dealkylation sites (N-methyl/N-ethyl adjacent to an activating group) is 1. The standard InChI is InChI=1S/C16H18Cl2N2O2/c1-19-9-13(10-3-4-14(17)15(18)6-10)16(21)11-5-12(22-2)8-20-7-11/h3-8,13,16,19,21H,9H2,1-2H3/t13?,16-/m1/s1. The van der Waals surface area contributed by atoms with Gasteiger partial charge in [0.2, 0.25) is 0 Å². The molecule has 0 spiro atoms. The zero-order chi connectivity index (χ0) is 16.1. The van der Waals surface area contributed by atoms with Crippen molar-refractivity contribution in [2.24, 2.45) is 0 Å². The molecule has 2 atom stereocenters. The number of methoxy groups -OCH3 is 1. The van der Waals surface area contributed by atoms with E-state index in [2.05, 4.69) is 10.3 Å². The minimum atomic E-state index is -0.743. The Balaban J connectivity index is 2.35. The molecule has 22 heavy (non-hydrogen) atoms. The van der Waals surface area contributed by atoms with Crippen molar-refractivity contribution in [1.82, 2.24) is 10.3 Å². The third-order valence-corrected chi connectivity index (χ3v) is 4.23. The van der Waals surface area contributed by atoms with Crippen LogP contribution in [0.3, 0.4) is 0 Å². The minimum absolute atomic E-state index is 0.186. The molecule has 0 saturated heterocycles. The molecule has 1 heterocycles. The van der Waals surface area contributed by atoms with Crippen molar-refractivity contribution in [3.8, 4) is 5.75 Å². The maximum absolute atomic E-state index is 10.7. The van der Waals surface area contributed by atoms with Crippen LogP contribution in [0.1, 0.15) is 23.1 Å². The molecule has 0 saturated carbocycles. The van der Waals surface area contributed by atoms with Gasteiger partial charge in [-0.1, -0.05) is 29.3 Å². The number of hydrogen-bond acceptors (Lipinski definition) is 4. The largest absolute Gasteiger partial charge is 0.495 e. The minimum Gasteiger partial charge on any atom is -0.495 e. The monoisotopic (exact) mass is 340 g/mol. The van der Waals surface area contributed by atoms with Crippen molar-refractivity contribution in [3.05, 3.63) is 57.8 Å². The van der Waals surface area contributed by atoms with Crippen LogP contribution >= 0.6 is 23.2 Å². The highest BCUT2D eigenvalue weighted by molar-refractivity contribution is 6.42. The summed E-state index contributed by atoms with van der Waals surface area (Å²) in [6.07, 6.45) is 2.49. The Bertz CT molecular complexity index is 637. The number of benzene rings is 1. The number of halogens is 2. The predicted octanol–water partition coefficient (Wildman–Crippen LogP) is 3.43. The number of nitrogens with zero attached hydrogens (tertiary/aromatic N) is 1. The number of aromatic nitrogens is 1. The number of rotatable bonds is 6. The number of ether oxygens (including phenoxy) is 1. The SMILES string of the molecule is CNCC(c1ccc(Cl)c(Cl)c1)[C@H](O)c1cncc(OC)c1. The first-order chi connectivity index (χ1) is 10.6. The molecule has 6 heteroatoms. The van der Waals surface area contributed by atoms with E-state index < -0.39 is 6.10 Å². The van der Waals surface area contributed by atoms with Crippen LogP contribution in [0.5, 0.6) is 5.75 Å². The van der Waals surface area contributed by atoms with Gasteiger partial charge in [0.1, 0.15) is 5.75 Å². The van der Waals surface area contributed by atoms with Crippen molar-refractivity contribution in [2.45, 2.75) is 12.0 Å². The van der Waals surface area contributed by atoms with Gasteiger partial charge in [-0.3, -0.25) is 4.98 Å². The third kappa shape index (κ3) is 3.90. The van der Waals surface area contributed by atoms with Crippen molar-refractivity contribution in [2.75, 3.05) is 20.7 Å². The van der Waals surface area contributed by atoms with E-state index >= 15 is 0 Å². The van der Waals surface area contributed by atoms with Crippen LogP contribution in [0.4, 0.5) is 0 Å². The van der Waals surface area contributed by atoms with E-state index in [1.807, 2.05) is 13.1 Å². The fourth-order valence-electron chi connectivity index (χ4n) is 2.32. The van der Waals surface area contributed by atoms with Crippen LogP contribution in [0, 0.1) is 0 Å². The number of aliphatic hydroxyl groups excluding tert-OH is 1. The fourth-order valence-corrected chi connectivity index (χ4v) is 2.62. The summed E-state index contributed by atoms with van der Waals surface area (Å²) in [4.78, 5) is 4.09. The van der Waals surface area contributed by atoms with Gasteiger partial charge in [0.05, 0.1) is 29.5 Å². The Morgan fingerprint density at radius 2 is 1.95 bits per heavy atom. The molecule has 1 unspecified atom stereocenters. The van der Waals surface area contributed by atoms with Crippen molar-refractivity contribution in [3.63, 3.8) is 0 Å². The fraction of sp³-hybridized carbons (Fsp3) is 0.312. The molecule has 2 aromatic rings. The first-order valence-corrected chi connectivity index (χ1v) is 7.59. The van der Waals surface area contributed by atoms with Gasteiger partial charge in [0.25, 0.3) is 0 Å². The molecule has 0 bridgehead atoms. The lowest BCUT2D eigenvalue weighted by molar-refractivity contribution is 0.143. The van der Waals surface area contributed by atoms with Gasteiger partial charge in [0, 0.05) is 24.2 Å². The molecule has 1 aromatic heterocycles. The highest BCUT2D eigenvalue weighted by Gasteiger charge is 2.23. The number of aliphatic hydroxyl groups is 1. The van der Waals surface area contributed by atoms with E-state index in [1.165, 1.54) is 0 Å². The van der Waals surface area contributed by atoms with Gasteiger partial charge >= 0.3 is 0 Å². The number of hydrogen-bond donors (Lipinski definition) is 2. The predicted molar refractivity (Wildman–Crippen MR) is 88.9 cm³/mol. The second-order valence-electron chi connectivity index (χ2n) is 4.94. The maximum atomic E-state index is 10.7. The molecule has 1 aromatic carbocycles. The van der Waals surface area contributed by atoms with Crippen LogP contribution in [0.15, 0.2) is 36.7 Å². The summed E-state index contributed by atoms with van der Waals surface area (Å²) in [5.74, 6) is 0.419. The van der Waals surface area contributed by atoms with Gasteiger partial charge in [0.15, 0.2) is 0 Å². The molecular formula is C16H18Cl2N2O2. The summed E-state index contributed by atoms with van der Waals surface area (Å²) in [6, 6.07) is 7.16. The van der Waals surface area contributed by atoms with Gasteiger partial charge in [-0.2, -0.15) is 0 Å². The Morgan fingerprint density at radius 3 is 2.59 bits per heavy atom. The Hall–Kier alpha value is -1.33. The van der Waals surface area contributed by atoms with Crippen LogP contribution < -0.4 is 10.1 Å². The summed E-state index contributed by atoms with van der Waals surface area (Å²) < 4.78 is 5.16. The Kier molecular flexibility index (Phi) is 6.03. The van der Waals surface area contributed by atoms with Gasteiger partial charge in [-0.05, 0) is 30.8 Å². The lowest BCUT2D eigenvalue weighted by Crippen LogP contribution is -2.23. The van der Waals surface area contributed by atoms with Crippen molar-refractivity contribution in [1.29, 1.82) is 0 Å². The maximum Gasteiger partial charge on any atom is 0.137 e. The summed E-state index contributed by atoms with van der Waals surface area (Å²) in [5, 5.41) is 14.8.